The van der Waals surface area contributed by atoms with Crippen LogP contribution < -0.4 is 10.5 Å². The van der Waals surface area contributed by atoms with Crippen LogP contribution in [0.25, 0.3) is 0 Å². The molecule has 2 aromatic carbocycles. The van der Waals surface area contributed by atoms with E-state index in [1.54, 1.807) is 13.0 Å². The Labute approximate surface area is 126 Å². The number of benzene rings is 2. The molecule has 0 bridgehead atoms. The second kappa shape index (κ2) is 5.87. The summed E-state index contributed by atoms with van der Waals surface area (Å²) in [4.78, 5) is 0.243. The summed E-state index contributed by atoms with van der Waals surface area (Å²) < 4.78 is 27.5. The van der Waals surface area contributed by atoms with Crippen LogP contribution in [0.5, 0.6) is 0 Å². The van der Waals surface area contributed by atoms with Gasteiger partial charge in [-0.25, -0.2) is 13.1 Å². The SMILES string of the molecule is Cc1cccc(CNS(=O)(=O)c2cc(N)cc(C)c2C)c1. The summed E-state index contributed by atoms with van der Waals surface area (Å²) in [5, 5.41) is 0. The molecule has 3 N–H and O–H groups in total. The Morgan fingerprint density at radius 2 is 1.81 bits per heavy atom. The zero-order chi connectivity index (χ0) is 15.6. The first kappa shape index (κ1) is 15.5. The van der Waals surface area contributed by atoms with Gasteiger partial charge in [-0.1, -0.05) is 29.8 Å². The van der Waals surface area contributed by atoms with Crippen molar-refractivity contribution in [3.63, 3.8) is 0 Å². The van der Waals surface area contributed by atoms with Gasteiger partial charge in [-0.3, -0.25) is 0 Å². The molecule has 0 saturated carbocycles. The van der Waals surface area contributed by atoms with E-state index in [-0.39, 0.29) is 11.4 Å². The Balaban J connectivity index is 2.27. The molecule has 2 rings (SSSR count). The number of sulfonamides is 1. The van der Waals surface area contributed by atoms with Crippen molar-refractivity contribution in [3.8, 4) is 0 Å². The Morgan fingerprint density at radius 3 is 2.48 bits per heavy atom. The van der Waals surface area contributed by atoms with Crippen LogP contribution in [0.1, 0.15) is 22.3 Å². The summed E-state index contributed by atoms with van der Waals surface area (Å²) in [6.45, 7) is 5.88. The highest BCUT2D eigenvalue weighted by Crippen LogP contribution is 2.22. The Bertz CT molecular complexity index is 768. The lowest BCUT2D eigenvalue weighted by molar-refractivity contribution is 0.580. The maximum absolute atomic E-state index is 12.4. The van der Waals surface area contributed by atoms with E-state index in [0.29, 0.717) is 5.69 Å². The van der Waals surface area contributed by atoms with Crippen molar-refractivity contribution in [2.45, 2.75) is 32.2 Å². The van der Waals surface area contributed by atoms with Crippen LogP contribution in [-0.2, 0) is 16.6 Å². The molecule has 0 aliphatic carbocycles. The maximum atomic E-state index is 12.4. The summed E-state index contributed by atoms with van der Waals surface area (Å²) in [7, 11) is -3.58. The molecule has 0 aliphatic rings. The molecule has 0 heterocycles. The fraction of sp³-hybridized carbons (Fsp3) is 0.250. The standard InChI is InChI=1S/C16H20N2O2S/c1-11-5-4-6-14(7-11)10-18-21(19,20)16-9-15(17)8-12(2)13(16)3/h4-9,18H,10,17H2,1-3H3. The summed E-state index contributed by atoms with van der Waals surface area (Å²) in [6, 6.07) is 11.0. The normalized spacial score (nSPS) is 11.6. The Morgan fingerprint density at radius 1 is 1.10 bits per heavy atom. The first-order valence-electron chi connectivity index (χ1n) is 6.71. The van der Waals surface area contributed by atoms with Gasteiger partial charge in [0.25, 0.3) is 0 Å². The highest BCUT2D eigenvalue weighted by Gasteiger charge is 2.18. The molecular weight excluding hydrogens is 284 g/mol. The Hall–Kier alpha value is -1.85. The van der Waals surface area contributed by atoms with Gasteiger partial charge >= 0.3 is 0 Å². The topological polar surface area (TPSA) is 72.2 Å². The molecule has 0 atom stereocenters. The number of aryl methyl sites for hydroxylation is 2. The van der Waals surface area contributed by atoms with Gasteiger partial charge in [0.05, 0.1) is 4.90 Å². The molecule has 112 valence electrons. The van der Waals surface area contributed by atoms with Crippen molar-refractivity contribution in [2.24, 2.45) is 0 Å². The average Bonchev–Trinajstić information content (AvgIpc) is 2.41. The quantitative estimate of drug-likeness (QED) is 0.853. The van der Waals surface area contributed by atoms with E-state index in [4.69, 9.17) is 5.73 Å². The third-order valence-corrected chi connectivity index (χ3v) is 5.01. The highest BCUT2D eigenvalue weighted by molar-refractivity contribution is 7.89. The van der Waals surface area contributed by atoms with Gasteiger partial charge in [-0.2, -0.15) is 0 Å². The van der Waals surface area contributed by atoms with Crippen LogP contribution in [0, 0.1) is 20.8 Å². The summed E-state index contributed by atoms with van der Waals surface area (Å²) in [6.07, 6.45) is 0. The number of nitrogen functional groups attached to an aromatic ring is 1. The zero-order valence-electron chi connectivity index (χ0n) is 12.5. The number of nitrogens with one attached hydrogen (secondary N) is 1. The van der Waals surface area contributed by atoms with Crippen LogP contribution in [-0.4, -0.2) is 8.42 Å². The van der Waals surface area contributed by atoms with Gasteiger partial charge in [0.2, 0.25) is 10.0 Å². The van der Waals surface area contributed by atoms with E-state index < -0.39 is 10.0 Å². The van der Waals surface area contributed by atoms with Gasteiger partial charge in [-0.15, -0.1) is 0 Å². The summed E-state index contributed by atoms with van der Waals surface area (Å²) in [5.41, 5.74) is 9.83. The molecule has 0 radical (unpaired) electrons. The molecule has 0 fully saturated rings. The van der Waals surface area contributed by atoms with Crippen molar-refractivity contribution in [3.05, 3.63) is 58.7 Å². The molecule has 0 amide bonds. The minimum atomic E-state index is -3.58. The number of nitrogens with two attached hydrogens (primary N) is 1. The van der Waals surface area contributed by atoms with E-state index >= 15 is 0 Å². The monoisotopic (exact) mass is 304 g/mol. The molecule has 0 aliphatic heterocycles. The van der Waals surface area contributed by atoms with E-state index in [1.165, 1.54) is 6.07 Å². The average molecular weight is 304 g/mol. The van der Waals surface area contributed by atoms with E-state index in [9.17, 15) is 8.42 Å². The predicted octanol–water partition coefficient (Wildman–Crippen LogP) is 2.67. The smallest absolute Gasteiger partial charge is 0.241 e. The second-order valence-corrected chi connectivity index (χ2v) is 7.01. The first-order chi connectivity index (χ1) is 9.79. The molecule has 2 aromatic rings. The lowest BCUT2D eigenvalue weighted by Gasteiger charge is -2.12. The summed E-state index contributed by atoms with van der Waals surface area (Å²) in [5.74, 6) is 0. The van der Waals surface area contributed by atoms with Crippen LogP contribution in [0.2, 0.25) is 0 Å². The fourth-order valence-electron chi connectivity index (χ4n) is 2.21. The fourth-order valence-corrected chi connectivity index (χ4v) is 3.58. The van der Waals surface area contributed by atoms with E-state index in [2.05, 4.69) is 4.72 Å². The molecule has 4 nitrogen and oxygen atoms in total. The molecule has 0 spiro atoms. The Kier molecular flexibility index (Phi) is 4.34. The van der Waals surface area contributed by atoms with Crippen LogP contribution in [0.3, 0.4) is 0 Å². The van der Waals surface area contributed by atoms with E-state index in [0.717, 1.165) is 22.3 Å². The third kappa shape index (κ3) is 3.62. The number of hydrogen-bond donors (Lipinski definition) is 2. The van der Waals surface area contributed by atoms with Gasteiger partial charge in [0.15, 0.2) is 0 Å². The minimum absolute atomic E-state index is 0.243. The molecule has 0 aromatic heterocycles. The number of anilines is 1. The molecular formula is C16H20N2O2S. The van der Waals surface area contributed by atoms with Crippen molar-refractivity contribution < 1.29 is 8.42 Å². The molecule has 0 saturated heterocycles. The third-order valence-electron chi connectivity index (χ3n) is 3.48. The van der Waals surface area contributed by atoms with Gasteiger partial charge in [0.1, 0.15) is 0 Å². The van der Waals surface area contributed by atoms with Crippen molar-refractivity contribution >= 4 is 15.7 Å². The van der Waals surface area contributed by atoms with Crippen LogP contribution in [0.15, 0.2) is 41.3 Å². The minimum Gasteiger partial charge on any atom is -0.399 e. The summed E-state index contributed by atoms with van der Waals surface area (Å²) >= 11 is 0. The zero-order valence-corrected chi connectivity index (χ0v) is 13.3. The van der Waals surface area contributed by atoms with Crippen molar-refractivity contribution in [2.75, 3.05) is 5.73 Å². The molecule has 0 unspecified atom stereocenters. The lowest BCUT2D eigenvalue weighted by Crippen LogP contribution is -2.24. The van der Waals surface area contributed by atoms with Crippen LogP contribution in [0.4, 0.5) is 5.69 Å². The van der Waals surface area contributed by atoms with Gasteiger partial charge < -0.3 is 5.73 Å². The van der Waals surface area contributed by atoms with Crippen molar-refractivity contribution in [1.82, 2.24) is 4.72 Å². The molecule has 21 heavy (non-hydrogen) atoms. The lowest BCUT2D eigenvalue weighted by atomic mass is 10.1. The highest BCUT2D eigenvalue weighted by atomic mass is 32.2. The number of hydrogen-bond acceptors (Lipinski definition) is 3. The largest absolute Gasteiger partial charge is 0.399 e. The molecule has 5 heteroatoms. The van der Waals surface area contributed by atoms with Crippen LogP contribution >= 0.6 is 0 Å². The maximum Gasteiger partial charge on any atom is 0.241 e. The van der Waals surface area contributed by atoms with Gasteiger partial charge in [-0.05, 0) is 49.6 Å². The van der Waals surface area contributed by atoms with Gasteiger partial charge in [0, 0.05) is 12.2 Å². The predicted molar refractivity (Wildman–Crippen MR) is 85.5 cm³/mol. The second-order valence-electron chi connectivity index (χ2n) is 5.27. The van der Waals surface area contributed by atoms with E-state index in [1.807, 2.05) is 38.1 Å². The van der Waals surface area contributed by atoms with Crippen molar-refractivity contribution in [1.29, 1.82) is 0 Å². The number of rotatable bonds is 4. The first-order valence-corrected chi connectivity index (χ1v) is 8.20.